The minimum Gasteiger partial charge on any atom is -0.352 e. The van der Waals surface area contributed by atoms with Crippen molar-refractivity contribution in [2.45, 2.75) is 20.4 Å². The minimum absolute atomic E-state index is 0.0121. The molecule has 0 aromatic carbocycles. The Hall–Kier alpha value is -1.68. The van der Waals surface area contributed by atoms with Crippen molar-refractivity contribution in [1.29, 1.82) is 0 Å². The molecule has 3 nitrogen and oxygen atoms in total. The summed E-state index contributed by atoms with van der Waals surface area (Å²) in [5, 5.41) is 7.03. The van der Waals surface area contributed by atoms with E-state index < -0.39 is 0 Å². The highest BCUT2D eigenvalue weighted by Gasteiger charge is 2.06. The molecule has 0 spiro atoms. The van der Waals surface area contributed by atoms with Gasteiger partial charge >= 0.3 is 0 Å². The second-order valence-electron chi connectivity index (χ2n) is 4.47. The minimum atomic E-state index is 0.0121. The first kappa shape index (κ1) is 12.8. The lowest BCUT2D eigenvalue weighted by atomic mass is 10.1. The SMILES string of the molecule is CC(C)C(=O)NCc1cncc(-c2ccsc2)c1. The number of hydrogen-bond donors (Lipinski definition) is 1. The number of carbonyl (C=O) groups is 1. The average Bonchev–Trinajstić information content (AvgIpc) is 2.90. The molecule has 2 rings (SSSR count). The van der Waals surface area contributed by atoms with E-state index in [2.05, 4.69) is 27.8 Å². The van der Waals surface area contributed by atoms with Gasteiger partial charge in [-0.05, 0) is 34.0 Å². The number of pyridine rings is 1. The topological polar surface area (TPSA) is 42.0 Å². The van der Waals surface area contributed by atoms with Gasteiger partial charge in [-0.3, -0.25) is 9.78 Å². The van der Waals surface area contributed by atoms with Gasteiger partial charge < -0.3 is 5.32 Å². The molecule has 0 aliphatic heterocycles. The van der Waals surface area contributed by atoms with Crippen LogP contribution in [-0.2, 0) is 11.3 Å². The lowest BCUT2D eigenvalue weighted by molar-refractivity contribution is -0.124. The van der Waals surface area contributed by atoms with E-state index in [9.17, 15) is 4.79 Å². The third-order valence-electron chi connectivity index (χ3n) is 2.64. The molecular formula is C14H16N2OS. The molecule has 0 saturated heterocycles. The standard InChI is InChI=1S/C14H16N2OS/c1-10(2)14(17)16-7-11-5-13(8-15-6-11)12-3-4-18-9-12/h3-6,8-10H,7H2,1-2H3,(H,16,17). The molecule has 0 radical (unpaired) electrons. The number of hydrogen-bond acceptors (Lipinski definition) is 3. The van der Waals surface area contributed by atoms with Gasteiger partial charge in [-0.25, -0.2) is 0 Å². The molecule has 1 N–H and O–H groups in total. The van der Waals surface area contributed by atoms with Crippen LogP contribution in [0.4, 0.5) is 0 Å². The zero-order valence-corrected chi connectivity index (χ0v) is 11.3. The van der Waals surface area contributed by atoms with E-state index in [-0.39, 0.29) is 11.8 Å². The third kappa shape index (κ3) is 3.17. The molecule has 2 heterocycles. The summed E-state index contributed by atoms with van der Waals surface area (Å²) in [5.74, 6) is 0.0777. The molecule has 2 aromatic heterocycles. The predicted molar refractivity (Wildman–Crippen MR) is 74.2 cm³/mol. The quantitative estimate of drug-likeness (QED) is 0.918. The summed E-state index contributed by atoms with van der Waals surface area (Å²) in [4.78, 5) is 15.7. The van der Waals surface area contributed by atoms with Crippen molar-refractivity contribution in [2.75, 3.05) is 0 Å². The largest absolute Gasteiger partial charge is 0.352 e. The Morgan fingerprint density at radius 2 is 2.22 bits per heavy atom. The molecule has 0 bridgehead atoms. The molecule has 4 heteroatoms. The van der Waals surface area contributed by atoms with Crippen LogP contribution in [0.1, 0.15) is 19.4 Å². The maximum Gasteiger partial charge on any atom is 0.222 e. The molecule has 0 aliphatic carbocycles. The number of rotatable bonds is 4. The van der Waals surface area contributed by atoms with Crippen molar-refractivity contribution in [3.05, 3.63) is 40.8 Å². The molecule has 0 aliphatic rings. The summed E-state index contributed by atoms with van der Waals surface area (Å²) in [7, 11) is 0. The van der Waals surface area contributed by atoms with E-state index in [0.29, 0.717) is 6.54 Å². The third-order valence-corrected chi connectivity index (χ3v) is 3.32. The summed E-state index contributed by atoms with van der Waals surface area (Å²) in [6, 6.07) is 4.13. The molecule has 2 aromatic rings. The fourth-order valence-corrected chi connectivity index (χ4v) is 2.23. The van der Waals surface area contributed by atoms with E-state index in [1.807, 2.05) is 25.4 Å². The molecule has 18 heavy (non-hydrogen) atoms. The first-order chi connectivity index (χ1) is 8.66. The summed E-state index contributed by atoms with van der Waals surface area (Å²) in [6.45, 7) is 4.30. The first-order valence-electron chi connectivity index (χ1n) is 5.91. The molecule has 0 atom stereocenters. The first-order valence-corrected chi connectivity index (χ1v) is 6.85. The monoisotopic (exact) mass is 260 g/mol. The van der Waals surface area contributed by atoms with Crippen LogP contribution in [0.5, 0.6) is 0 Å². The van der Waals surface area contributed by atoms with Crippen LogP contribution >= 0.6 is 11.3 Å². The Bertz CT molecular complexity index is 520. The fourth-order valence-electron chi connectivity index (χ4n) is 1.56. The van der Waals surface area contributed by atoms with Crippen molar-refractivity contribution in [2.24, 2.45) is 5.92 Å². The number of carbonyl (C=O) groups excluding carboxylic acids is 1. The number of thiophene rings is 1. The van der Waals surface area contributed by atoms with Gasteiger partial charge in [0.05, 0.1) is 0 Å². The van der Waals surface area contributed by atoms with E-state index in [4.69, 9.17) is 0 Å². The highest BCUT2D eigenvalue weighted by atomic mass is 32.1. The fraction of sp³-hybridized carbons (Fsp3) is 0.286. The van der Waals surface area contributed by atoms with Gasteiger partial charge in [0.1, 0.15) is 0 Å². The average molecular weight is 260 g/mol. The van der Waals surface area contributed by atoms with Crippen LogP contribution < -0.4 is 5.32 Å². The zero-order valence-electron chi connectivity index (χ0n) is 10.5. The predicted octanol–water partition coefficient (Wildman–Crippen LogP) is 3.08. The van der Waals surface area contributed by atoms with E-state index >= 15 is 0 Å². The van der Waals surface area contributed by atoms with Gasteiger partial charge in [-0.15, -0.1) is 0 Å². The lowest BCUT2D eigenvalue weighted by Gasteiger charge is -2.08. The number of nitrogens with one attached hydrogen (secondary N) is 1. The van der Waals surface area contributed by atoms with Gasteiger partial charge in [-0.2, -0.15) is 11.3 Å². The second-order valence-corrected chi connectivity index (χ2v) is 5.25. The summed E-state index contributed by atoms with van der Waals surface area (Å²) >= 11 is 1.66. The lowest BCUT2D eigenvalue weighted by Crippen LogP contribution is -2.27. The van der Waals surface area contributed by atoms with Gasteiger partial charge in [0.2, 0.25) is 5.91 Å². The van der Waals surface area contributed by atoms with Crippen molar-refractivity contribution in [3.63, 3.8) is 0 Å². The Balaban J connectivity index is 2.06. The van der Waals surface area contributed by atoms with Gasteiger partial charge in [-0.1, -0.05) is 13.8 Å². The van der Waals surface area contributed by atoms with Gasteiger partial charge in [0.25, 0.3) is 0 Å². The highest BCUT2D eigenvalue weighted by molar-refractivity contribution is 7.08. The Morgan fingerprint density at radius 3 is 2.89 bits per heavy atom. The van der Waals surface area contributed by atoms with Crippen LogP contribution in [0.15, 0.2) is 35.3 Å². The number of amides is 1. The van der Waals surface area contributed by atoms with E-state index in [1.54, 1.807) is 17.5 Å². The van der Waals surface area contributed by atoms with Gasteiger partial charge in [0.15, 0.2) is 0 Å². The van der Waals surface area contributed by atoms with Crippen LogP contribution in [0.3, 0.4) is 0 Å². The number of nitrogens with zero attached hydrogens (tertiary/aromatic N) is 1. The number of aromatic nitrogens is 1. The van der Waals surface area contributed by atoms with Crippen LogP contribution in [0.2, 0.25) is 0 Å². The molecule has 0 unspecified atom stereocenters. The molecule has 1 amide bonds. The summed E-state index contributed by atoms with van der Waals surface area (Å²) < 4.78 is 0. The normalized spacial score (nSPS) is 10.6. The van der Waals surface area contributed by atoms with Gasteiger partial charge in [0, 0.05) is 30.4 Å². The molecule has 94 valence electrons. The van der Waals surface area contributed by atoms with Crippen LogP contribution in [0, 0.1) is 5.92 Å². The van der Waals surface area contributed by atoms with Crippen molar-refractivity contribution in [3.8, 4) is 11.1 Å². The Kier molecular flexibility index (Phi) is 4.10. The van der Waals surface area contributed by atoms with Crippen molar-refractivity contribution >= 4 is 17.2 Å². The highest BCUT2D eigenvalue weighted by Crippen LogP contribution is 2.21. The van der Waals surface area contributed by atoms with Crippen LogP contribution in [-0.4, -0.2) is 10.9 Å². The zero-order chi connectivity index (χ0) is 13.0. The Labute approximate surface area is 111 Å². The van der Waals surface area contributed by atoms with Crippen molar-refractivity contribution in [1.82, 2.24) is 10.3 Å². The van der Waals surface area contributed by atoms with E-state index in [1.165, 1.54) is 5.56 Å². The molecular weight excluding hydrogens is 244 g/mol. The maximum absolute atomic E-state index is 11.5. The summed E-state index contributed by atoms with van der Waals surface area (Å²) in [6.07, 6.45) is 3.63. The molecule has 0 saturated carbocycles. The summed E-state index contributed by atoms with van der Waals surface area (Å²) in [5.41, 5.74) is 3.28. The van der Waals surface area contributed by atoms with Crippen LogP contribution in [0.25, 0.3) is 11.1 Å². The van der Waals surface area contributed by atoms with Crippen molar-refractivity contribution < 1.29 is 4.79 Å². The second kappa shape index (κ2) is 5.78. The maximum atomic E-state index is 11.5. The Morgan fingerprint density at radius 1 is 1.39 bits per heavy atom. The van der Waals surface area contributed by atoms with E-state index in [0.717, 1.165) is 11.1 Å². The smallest absolute Gasteiger partial charge is 0.222 e. The molecule has 0 fully saturated rings.